The van der Waals surface area contributed by atoms with E-state index in [-0.39, 0.29) is 12.3 Å². The molecule has 0 amide bonds. The van der Waals surface area contributed by atoms with Crippen molar-refractivity contribution < 1.29 is 9.90 Å². The van der Waals surface area contributed by atoms with Crippen molar-refractivity contribution in [2.75, 3.05) is 0 Å². The fourth-order valence-electron chi connectivity index (χ4n) is 1.97. The lowest BCUT2D eigenvalue weighted by Crippen LogP contribution is -2.16. The van der Waals surface area contributed by atoms with E-state index in [9.17, 15) is 4.79 Å². The average molecular weight is 192 g/mol. The molecule has 0 saturated heterocycles. The van der Waals surface area contributed by atoms with Crippen LogP contribution in [-0.2, 0) is 11.2 Å². The van der Waals surface area contributed by atoms with Gasteiger partial charge in [0.1, 0.15) is 0 Å². The first kappa shape index (κ1) is 9.12. The van der Waals surface area contributed by atoms with E-state index in [4.69, 9.17) is 5.11 Å². The summed E-state index contributed by atoms with van der Waals surface area (Å²) in [7, 11) is 0. The van der Waals surface area contributed by atoms with Crippen molar-refractivity contribution in [1.29, 1.82) is 0 Å². The number of aryl methyl sites for hydroxylation is 1. The minimum atomic E-state index is -0.756. The Bertz CT molecular complexity index is 352. The number of hydrogen-bond donors (Lipinski definition) is 1. The second-order valence-electron chi connectivity index (χ2n) is 3.58. The molecule has 1 aliphatic rings. The van der Waals surface area contributed by atoms with Crippen LogP contribution in [0.4, 0.5) is 0 Å². The number of carboxylic acids is 1. The van der Waals surface area contributed by atoms with Gasteiger partial charge in [0.2, 0.25) is 0 Å². The van der Waals surface area contributed by atoms with Crippen molar-refractivity contribution in [3.63, 3.8) is 0 Å². The first-order chi connectivity index (χ1) is 6.77. The van der Waals surface area contributed by atoms with Gasteiger partial charge in [0.05, 0.1) is 17.8 Å². The van der Waals surface area contributed by atoms with Crippen LogP contribution in [-0.4, -0.2) is 21.0 Å². The van der Waals surface area contributed by atoms with Gasteiger partial charge in [-0.2, -0.15) is 0 Å². The standard InChI is InChI=1S/C10H12N2O2/c13-9(14)6-7-2-1-3-8-10(7)12-5-4-11-8/h4-5,7H,1-3,6H2,(H,13,14). The third-order valence-electron chi connectivity index (χ3n) is 2.58. The smallest absolute Gasteiger partial charge is 0.304 e. The minimum absolute atomic E-state index is 0.0601. The summed E-state index contributed by atoms with van der Waals surface area (Å²) in [5.41, 5.74) is 1.87. The molecule has 4 nitrogen and oxygen atoms in total. The third-order valence-corrected chi connectivity index (χ3v) is 2.58. The molecule has 2 rings (SSSR count). The number of nitrogens with zero attached hydrogens (tertiary/aromatic N) is 2. The number of aliphatic carboxylic acids is 1. The molecular formula is C10H12N2O2. The van der Waals surface area contributed by atoms with Gasteiger partial charge in [-0.25, -0.2) is 0 Å². The van der Waals surface area contributed by atoms with Crippen LogP contribution < -0.4 is 0 Å². The molecule has 0 radical (unpaired) electrons. The van der Waals surface area contributed by atoms with E-state index < -0.39 is 5.97 Å². The highest BCUT2D eigenvalue weighted by Gasteiger charge is 2.24. The summed E-state index contributed by atoms with van der Waals surface area (Å²) in [6, 6.07) is 0. The van der Waals surface area contributed by atoms with E-state index in [1.54, 1.807) is 12.4 Å². The molecule has 0 bridgehead atoms. The van der Waals surface area contributed by atoms with Crippen molar-refractivity contribution in [1.82, 2.24) is 9.97 Å². The zero-order valence-corrected chi connectivity index (χ0v) is 7.81. The van der Waals surface area contributed by atoms with Gasteiger partial charge in [-0.05, 0) is 19.3 Å². The van der Waals surface area contributed by atoms with Gasteiger partial charge in [0.25, 0.3) is 0 Å². The number of hydrogen-bond acceptors (Lipinski definition) is 3. The highest BCUT2D eigenvalue weighted by atomic mass is 16.4. The Labute approximate surface area is 82.0 Å². The summed E-state index contributed by atoms with van der Waals surface area (Å²) >= 11 is 0. The first-order valence-electron chi connectivity index (χ1n) is 4.79. The molecule has 0 fully saturated rings. The Morgan fingerprint density at radius 1 is 1.50 bits per heavy atom. The Balaban J connectivity index is 2.26. The van der Waals surface area contributed by atoms with Gasteiger partial charge in [-0.15, -0.1) is 0 Å². The second kappa shape index (κ2) is 3.74. The highest BCUT2D eigenvalue weighted by Crippen LogP contribution is 2.30. The zero-order chi connectivity index (χ0) is 9.97. The predicted molar refractivity (Wildman–Crippen MR) is 50.0 cm³/mol. The maximum absolute atomic E-state index is 10.6. The molecule has 0 aliphatic heterocycles. The Kier molecular flexibility index (Phi) is 2.43. The van der Waals surface area contributed by atoms with E-state index in [0.717, 1.165) is 30.7 Å². The van der Waals surface area contributed by atoms with E-state index in [2.05, 4.69) is 9.97 Å². The predicted octanol–water partition coefficient (Wildman–Crippen LogP) is 1.37. The molecular weight excluding hydrogens is 180 g/mol. The van der Waals surface area contributed by atoms with E-state index >= 15 is 0 Å². The monoisotopic (exact) mass is 192 g/mol. The van der Waals surface area contributed by atoms with Gasteiger partial charge < -0.3 is 5.11 Å². The number of aromatic nitrogens is 2. The van der Waals surface area contributed by atoms with Crippen LogP contribution in [0.1, 0.15) is 36.6 Å². The molecule has 1 aliphatic carbocycles. The maximum Gasteiger partial charge on any atom is 0.304 e. The molecule has 1 heterocycles. The summed E-state index contributed by atoms with van der Waals surface area (Å²) in [6.07, 6.45) is 6.34. The van der Waals surface area contributed by atoms with Crippen LogP contribution in [0.25, 0.3) is 0 Å². The molecule has 0 saturated carbocycles. The van der Waals surface area contributed by atoms with Gasteiger partial charge in [0, 0.05) is 18.3 Å². The van der Waals surface area contributed by atoms with Gasteiger partial charge >= 0.3 is 5.97 Å². The van der Waals surface area contributed by atoms with Gasteiger partial charge in [-0.1, -0.05) is 0 Å². The first-order valence-corrected chi connectivity index (χ1v) is 4.79. The van der Waals surface area contributed by atoms with E-state index in [1.165, 1.54) is 0 Å². The van der Waals surface area contributed by atoms with Gasteiger partial charge in [-0.3, -0.25) is 14.8 Å². The lowest BCUT2D eigenvalue weighted by Gasteiger charge is -2.21. The minimum Gasteiger partial charge on any atom is -0.481 e. The van der Waals surface area contributed by atoms with Crippen LogP contribution in [0.5, 0.6) is 0 Å². The summed E-state index contributed by atoms with van der Waals surface area (Å²) in [5.74, 6) is -0.696. The molecule has 14 heavy (non-hydrogen) atoms. The summed E-state index contributed by atoms with van der Waals surface area (Å²) in [5, 5.41) is 8.74. The lowest BCUT2D eigenvalue weighted by molar-refractivity contribution is -0.137. The molecule has 1 atom stereocenters. The lowest BCUT2D eigenvalue weighted by atomic mass is 9.87. The molecule has 4 heteroatoms. The van der Waals surface area contributed by atoms with Crippen molar-refractivity contribution >= 4 is 5.97 Å². The molecule has 0 aromatic carbocycles. The molecule has 0 spiro atoms. The highest BCUT2D eigenvalue weighted by molar-refractivity contribution is 5.68. The van der Waals surface area contributed by atoms with E-state index in [0.29, 0.717) is 0 Å². The molecule has 1 N–H and O–H groups in total. The molecule has 1 aromatic heterocycles. The zero-order valence-electron chi connectivity index (χ0n) is 7.81. The van der Waals surface area contributed by atoms with Crippen LogP contribution >= 0.6 is 0 Å². The van der Waals surface area contributed by atoms with Crippen molar-refractivity contribution in [3.05, 3.63) is 23.8 Å². The average Bonchev–Trinajstić information content (AvgIpc) is 2.18. The van der Waals surface area contributed by atoms with Gasteiger partial charge in [0.15, 0.2) is 0 Å². The summed E-state index contributed by atoms with van der Waals surface area (Å²) < 4.78 is 0. The molecule has 1 unspecified atom stereocenters. The Hall–Kier alpha value is -1.45. The topological polar surface area (TPSA) is 63.1 Å². The van der Waals surface area contributed by atoms with E-state index in [1.807, 2.05) is 0 Å². The summed E-state index contributed by atoms with van der Waals surface area (Å²) in [4.78, 5) is 19.1. The SMILES string of the molecule is O=C(O)CC1CCCc2nccnc21. The number of rotatable bonds is 2. The Morgan fingerprint density at radius 3 is 3.07 bits per heavy atom. The second-order valence-corrected chi connectivity index (χ2v) is 3.58. The quantitative estimate of drug-likeness (QED) is 0.768. The molecule has 1 aromatic rings. The van der Waals surface area contributed by atoms with Crippen LogP contribution in [0, 0.1) is 0 Å². The number of carbonyl (C=O) groups is 1. The molecule has 74 valence electrons. The third kappa shape index (κ3) is 1.73. The fraction of sp³-hybridized carbons (Fsp3) is 0.500. The summed E-state index contributed by atoms with van der Waals surface area (Å²) in [6.45, 7) is 0. The van der Waals surface area contributed by atoms with Crippen LogP contribution in [0.3, 0.4) is 0 Å². The normalized spacial score (nSPS) is 20.1. The number of carboxylic acid groups (broad SMARTS) is 1. The van der Waals surface area contributed by atoms with Crippen molar-refractivity contribution in [3.8, 4) is 0 Å². The largest absolute Gasteiger partial charge is 0.481 e. The number of fused-ring (bicyclic) bond motifs is 1. The van der Waals surface area contributed by atoms with Crippen molar-refractivity contribution in [2.45, 2.75) is 31.6 Å². The fourth-order valence-corrected chi connectivity index (χ4v) is 1.97. The van der Waals surface area contributed by atoms with Crippen molar-refractivity contribution in [2.24, 2.45) is 0 Å². The maximum atomic E-state index is 10.6. The van der Waals surface area contributed by atoms with Crippen LogP contribution in [0.2, 0.25) is 0 Å². The Morgan fingerprint density at radius 2 is 2.29 bits per heavy atom. The van der Waals surface area contributed by atoms with Crippen LogP contribution in [0.15, 0.2) is 12.4 Å².